The lowest BCUT2D eigenvalue weighted by Crippen LogP contribution is -2.24. The monoisotopic (exact) mass is 412 g/mol. The summed E-state index contributed by atoms with van der Waals surface area (Å²) in [6.07, 6.45) is 5.68. The van der Waals surface area contributed by atoms with Crippen LogP contribution in [0, 0.1) is 0 Å². The third-order valence-corrected chi connectivity index (χ3v) is 5.83. The summed E-state index contributed by atoms with van der Waals surface area (Å²) in [5.74, 6) is 3.26. The Morgan fingerprint density at radius 2 is 1.87 bits per heavy atom. The molecule has 6 heteroatoms. The lowest BCUT2D eigenvalue weighted by Gasteiger charge is -2.28. The number of rotatable bonds is 5. The summed E-state index contributed by atoms with van der Waals surface area (Å²) >= 11 is 0. The van der Waals surface area contributed by atoms with Crippen LogP contribution < -0.4 is 14.4 Å². The molecule has 156 valence electrons. The summed E-state index contributed by atoms with van der Waals surface area (Å²) in [6.45, 7) is 0.924. The summed E-state index contributed by atoms with van der Waals surface area (Å²) in [5.41, 5.74) is 2.98. The molecule has 2 aromatic heterocycles. The van der Waals surface area contributed by atoms with Crippen molar-refractivity contribution in [3.63, 3.8) is 0 Å². The van der Waals surface area contributed by atoms with Crippen molar-refractivity contribution in [2.75, 3.05) is 25.7 Å². The highest BCUT2D eigenvalue weighted by molar-refractivity contribution is 5.91. The van der Waals surface area contributed by atoms with Crippen LogP contribution in [0.3, 0.4) is 0 Å². The maximum Gasteiger partial charge on any atom is 0.163 e. The fraction of sp³-hybridized carbons (Fsp3) is 0.240. The predicted octanol–water partition coefficient (Wildman–Crippen LogP) is 5.05. The Hall–Kier alpha value is -3.67. The molecule has 0 N–H and O–H groups in total. The molecule has 6 nitrogen and oxygen atoms in total. The summed E-state index contributed by atoms with van der Waals surface area (Å²) in [4.78, 5) is 16.5. The summed E-state index contributed by atoms with van der Waals surface area (Å²) in [7, 11) is 3.38. The summed E-state index contributed by atoms with van der Waals surface area (Å²) < 4.78 is 11.1. The van der Waals surface area contributed by atoms with Gasteiger partial charge in [0, 0.05) is 41.5 Å². The molecule has 1 fully saturated rings. The molecular weight excluding hydrogens is 388 g/mol. The average molecular weight is 412 g/mol. The summed E-state index contributed by atoms with van der Waals surface area (Å²) in [6, 6.07) is 18.3. The van der Waals surface area contributed by atoms with E-state index in [1.54, 1.807) is 20.4 Å². The van der Waals surface area contributed by atoms with Gasteiger partial charge >= 0.3 is 0 Å². The molecule has 0 saturated carbocycles. The minimum Gasteiger partial charge on any atom is -0.497 e. The number of pyridine rings is 1. The first kappa shape index (κ1) is 19.3. The largest absolute Gasteiger partial charge is 0.497 e. The van der Waals surface area contributed by atoms with Crippen LogP contribution in [-0.4, -0.2) is 35.7 Å². The highest BCUT2D eigenvalue weighted by Gasteiger charge is 2.31. The van der Waals surface area contributed by atoms with Crippen molar-refractivity contribution < 1.29 is 9.47 Å². The number of fused-ring (bicyclic) bond motifs is 1. The van der Waals surface area contributed by atoms with E-state index in [-0.39, 0.29) is 6.04 Å². The van der Waals surface area contributed by atoms with Crippen LogP contribution in [-0.2, 0) is 0 Å². The second-order valence-corrected chi connectivity index (χ2v) is 7.59. The van der Waals surface area contributed by atoms with Crippen LogP contribution in [0.25, 0.3) is 22.3 Å². The molecule has 0 spiro atoms. The van der Waals surface area contributed by atoms with E-state index in [0.717, 1.165) is 58.7 Å². The number of aromatic nitrogens is 3. The maximum atomic E-state index is 5.72. The Labute approximate surface area is 181 Å². The van der Waals surface area contributed by atoms with Crippen molar-refractivity contribution in [1.82, 2.24) is 15.0 Å². The number of nitrogens with zero attached hydrogens (tertiary/aromatic N) is 4. The van der Waals surface area contributed by atoms with E-state index in [0.29, 0.717) is 5.82 Å². The standard InChI is InChI=1S/C25H24N4O2/c1-30-18-11-12-20(23(15-18)31-2)22-10-6-14-29(22)25-19-8-3-4-9-21(19)27-24(28-25)17-7-5-13-26-16-17/h3-5,7-9,11-13,15-16,22H,6,10,14H2,1-2H3/t22-/m0/s1. The Kier molecular flexibility index (Phi) is 5.12. The smallest absolute Gasteiger partial charge is 0.163 e. The SMILES string of the molecule is COc1ccc([C@@H]2CCCN2c2nc(-c3cccnc3)nc3ccccc23)c(OC)c1. The number of para-hydroxylation sites is 1. The number of anilines is 1. The minimum atomic E-state index is 0.168. The first-order valence-electron chi connectivity index (χ1n) is 10.4. The first-order valence-corrected chi connectivity index (χ1v) is 10.4. The Balaban J connectivity index is 1.65. The van der Waals surface area contributed by atoms with Gasteiger partial charge in [-0.2, -0.15) is 0 Å². The number of benzene rings is 2. The van der Waals surface area contributed by atoms with Crippen molar-refractivity contribution >= 4 is 16.7 Å². The van der Waals surface area contributed by atoms with Crippen LogP contribution in [0.1, 0.15) is 24.4 Å². The highest BCUT2D eigenvalue weighted by Crippen LogP contribution is 2.42. The van der Waals surface area contributed by atoms with Gasteiger partial charge in [0.25, 0.3) is 0 Å². The van der Waals surface area contributed by atoms with Gasteiger partial charge in [-0.3, -0.25) is 4.98 Å². The van der Waals surface area contributed by atoms with Crippen molar-refractivity contribution in [3.8, 4) is 22.9 Å². The van der Waals surface area contributed by atoms with Crippen LogP contribution in [0.2, 0.25) is 0 Å². The molecule has 0 radical (unpaired) electrons. The first-order chi connectivity index (χ1) is 15.3. The van der Waals surface area contributed by atoms with Crippen molar-refractivity contribution in [1.29, 1.82) is 0 Å². The number of ether oxygens (including phenoxy) is 2. The molecular formula is C25H24N4O2. The molecule has 1 atom stereocenters. The topological polar surface area (TPSA) is 60.4 Å². The van der Waals surface area contributed by atoms with Crippen LogP contribution >= 0.6 is 0 Å². The van der Waals surface area contributed by atoms with Gasteiger partial charge in [0.2, 0.25) is 0 Å². The van der Waals surface area contributed by atoms with E-state index in [1.165, 1.54) is 0 Å². The van der Waals surface area contributed by atoms with E-state index in [2.05, 4.69) is 22.0 Å². The third kappa shape index (κ3) is 3.54. The van der Waals surface area contributed by atoms with Crippen LogP contribution in [0.4, 0.5) is 5.82 Å². The lowest BCUT2D eigenvalue weighted by molar-refractivity contribution is 0.388. The molecule has 2 aromatic carbocycles. The fourth-order valence-corrected chi connectivity index (χ4v) is 4.34. The lowest BCUT2D eigenvalue weighted by atomic mass is 10.0. The number of hydrogen-bond donors (Lipinski definition) is 0. The molecule has 0 aliphatic carbocycles. The number of methoxy groups -OCH3 is 2. The average Bonchev–Trinajstić information content (AvgIpc) is 3.33. The van der Waals surface area contributed by atoms with Gasteiger partial charge in [-0.15, -0.1) is 0 Å². The zero-order valence-electron chi connectivity index (χ0n) is 17.7. The van der Waals surface area contributed by atoms with Gasteiger partial charge in [0.05, 0.1) is 25.8 Å². The summed E-state index contributed by atoms with van der Waals surface area (Å²) in [5, 5.41) is 1.05. The molecule has 1 aliphatic rings. The predicted molar refractivity (Wildman–Crippen MR) is 122 cm³/mol. The molecule has 0 unspecified atom stereocenters. The second-order valence-electron chi connectivity index (χ2n) is 7.59. The van der Waals surface area contributed by atoms with Crippen LogP contribution in [0.5, 0.6) is 11.5 Å². The quantitative estimate of drug-likeness (QED) is 0.457. The normalized spacial score (nSPS) is 15.9. The molecule has 0 bridgehead atoms. The van der Waals surface area contributed by atoms with Gasteiger partial charge in [-0.25, -0.2) is 9.97 Å². The van der Waals surface area contributed by atoms with Crippen molar-refractivity contribution in [2.45, 2.75) is 18.9 Å². The highest BCUT2D eigenvalue weighted by atomic mass is 16.5. The second kappa shape index (κ2) is 8.22. The molecule has 31 heavy (non-hydrogen) atoms. The zero-order valence-corrected chi connectivity index (χ0v) is 17.7. The van der Waals surface area contributed by atoms with Crippen molar-refractivity contribution in [2.24, 2.45) is 0 Å². The molecule has 1 saturated heterocycles. The fourth-order valence-electron chi connectivity index (χ4n) is 4.34. The maximum absolute atomic E-state index is 5.72. The van der Waals surface area contributed by atoms with Gasteiger partial charge in [0.15, 0.2) is 5.82 Å². The third-order valence-electron chi connectivity index (χ3n) is 5.83. The molecule has 5 rings (SSSR count). The van der Waals surface area contributed by atoms with Gasteiger partial charge in [-0.1, -0.05) is 12.1 Å². The Bertz CT molecular complexity index is 1210. The van der Waals surface area contributed by atoms with E-state index in [4.69, 9.17) is 19.4 Å². The van der Waals surface area contributed by atoms with E-state index < -0.39 is 0 Å². The zero-order chi connectivity index (χ0) is 21.2. The Morgan fingerprint density at radius 3 is 2.68 bits per heavy atom. The number of hydrogen-bond acceptors (Lipinski definition) is 6. The van der Waals surface area contributed by atoms with Crippen LogP contribution in [0.15, 0.2) is 67.0 Å². The van der Waals surface area contributed by atoms with Crippen molar-refractivity contribution in [3.05, 3.63) is 72.6 Å². The van der Waals surface area contributed by atoms with E-state index in [9.17, 15) is 0 Å². The van der Waals surface area contributed by atoms with E-state index >= 15 is 0 Å². The molecule has 1 aliphatic heterocycles. The van der Waals surface area contributed by atoms with Gasteiger partial charge in [-0.05, 0) is 49.2 Å². The Morgan fingerprint density at radius 1 is 0.968 bits per heavy atom. The van der Waals surface area contributed by atoms with E-state index in [1.807, 2.05) is 48.7 Å². The molecule has 4 aromatic rings. The minimum absolute atomic E-state index is 0.168. The molecule has 0 amide bonds. The molecule has 3 heterocycles. The van der Waals surface area contributed by atoms with Gasteiger partial charge in [0.1, 0.15) is 17.3 Å². The van der Waals surface area contributed by atoms with Gasteiger partial charge < -0.3 is 14.4 Å².